The van der Waals surface area contributed by atoms with Crippen LogP contribution in [0.5, 0.6) is 0 Å². The number of hydrogen-bond donors (Lipinski definition) is 1. The minimum Gasteiger partial charge on any atom is -0.352 e. The second kappa shape index (κ2) is 12.1. The fraction of sp³-hybridized carbons (Fsp3) is 0.440. The van der Waals surface area contributed by atoms with Crippen molar-refractivity contribution in [2.45, 2.75) is 57.7 Å². The quantitative estimate of drug-likeness (QED) is 0.476. The molecule has 0 heterocycles. The van der Waals surface area contributed by atoms with E-state index in [0.717, 1.165) is 41.8 Å². The number of hydrogen-bond acceptors (Lipinski definition) is 4. The largest absolute Gasteiger partial charge is 0.352 e. The van der Waals surface area contributed by atoms with Crippen LogP contribution in [0.2, 0.25) is 10.0 Å². The van der Waals surface area contributed by atoms with Gasteiger partial charge in [-0.25, -0.2) is 8.42 Å². The molecule has 35 heavy (non-hydrogen) atoms. The van der Waals surface area contributed by atoms with E-state index in [1.807, 2.05) is 6.92 Å². The number of nitrogens with one attached hydrogen (secondary N) is 1. The molecule has 0 aromatic heterocycles. The van der Waals surface area contributed by atoms with Gasteiger partial charge < -0.3 is 10.2 Å². The zero-order valence-electron chi connectivity index (χ0n) is 19.9. The average Bonchev–Trinajstić information content (AvgIpc) is 3.30. The number of nitrogens with zero attached hydrogens (tertiary/aromatic N) is 2. The van der Waals surface area contributed by atoms with Crippen molar-refractivity contribution in [1.82, 2.24) is 10.2 Å². The molecule has 1 atom stereocenters. The Hall–Kier alpha value is -2.29. The third-order valence-electron chi connectivity index (χ3n) is 6.13. The highest BCUT2D eigenvalue weighted by molar-refractivity contribution is 7.92. The molecule has 10 heteroatoms. The summed E-state index contributed by atoms with van der Waals surface area (Å²) in [6.07, 6.45) is 5.40. The summed E-state index contributed by atoms with van der Waals surface area (Å²) in [5.74, 6) is -0.714. The highest BCUT2D eigenvalue weighted by Gasteiger charge is 2.33. The van der Waals surface area contributed by atoms with Crippen molar-refractivity contribution in [3.05, 3.63) is 64.1 Å². The lowest BCUT2D eigenvalue weighted by Gasteiger charge is -2.33. The van der Waals surface area contributed by atoms with Gasteiger partial charge in [0.05, 0.1) is 11.9 Å². The van der Waals surface area contributed by atoms with Crippen LogP contribution in [-0.2, 0) is 26.2 Å². The Kier molecular flexibility index (Phi) is 9.44. The number of amides is 2. The lowest BCUT2D eigenvalue weighted by molar-refractivity contribution is -0.140. The van der Waals surface area contributed by atoms with E-state index in [1.54, 1.807) is 42.5 Å². The maximum Gasteiger partial charge on any atom is 0.244 e. The molecule has 190 valence electrons. The first-order chi connectivity index (χ1) is 16.6. The van der Waals surface area contributed by atoms with Crippen molar-refractivity contribution in [2.24, 2.45) is 0 Å². The van der Waals surface area contributed by atoms with E-state index in [1.165, 1.54) is 11.0 Å². The Balaban J connectivity index is 1.91. The number of carbonyl (C=O) groups excluding carboxylic acids is 2. The molecule has 1 aliphatic carbocycles. The maximum atomic E-state index is 13.7. The summed E-state index contributed by atoms with van der Waals surface area (Å²) >= 11 is 12.1. The summed E-state index contributed by atoms with van der Waals surface area (Å²) in [6, 6.07) is 12.7. The summed E-state index contributed by atoms with van der Waals surface area (Å²) in [4.78, 5) is 28.3. The van der Waals surface area contributed by atoms with Gasteiger partial charge in [-0.2, -0.15) is 0 Å². The zero-order valence-corrected chi connectivity index (χ0v) is 22.2. The topological polar surface area (TPSA) is 86.8 Å². The molecule has 0 unspecified atom stereocenters. The van der Waals surface area contributed by atoms with E-state index >= 15 is 0 Å². The van der Waals surface area contributed by atoms with E-state index in [4.69, 9.17) is 23.2 Å². The molecule has 1 N–H and O–H groups in total. The predicted molar refractivity (Wildman–Crippen MR) is 140 cm³/mol. The Morgan fingerprint density at radius 2 is 1.71 bits per heavy atom. The molecule has 1 aliphatic rings. The normalized spacial score (nSPS) is 15.0. The Morgan fingerprint density at radius 1 is 1.06 bits per heavy atom. The fourth-order valence-electron chi connectivity index (χ4n) is 4.32. The fourth-order valence-corrected chi connectivity index (χ4v) is 5.47. The maximum absolute atomic E-state index is 13.7. The Morgan fingerprint density at radius 3 is 2.29 bits per heavy atom. The lowest BCUT2D eigenvalue weighted by Crippen LogP contribution is -2.53. The zero-order chi connectivity index (χ0) is 25.6. The van der Waals surface area contributed by atoms with Gasteiger partial charge in [0.1, 0.15) is 12.6 Å². The smallest absolute Gasteiger partial charge is 0.244 e. The first-order valence-corrected chi connectivity index (χ1v) is 14.3. The van der Waals surface area contributed by atoms with E-state index < -0.39 is 28.5 Å². The van der Waals surface area contributed by atoms with Crippen LogP contribution in [0.1, 0.15) is 44.6 Å². The van der Waals surface area contributed by atoms with Crippen molar-refractivity contribution in [2.75, 3.05) is 17.1 Å². The van der Waals surface area contributed by atoms with Gasteiger partial charge in [-0.1, -0.05) is 61.2 Å². The van der Waals surface area contributed by atoms with Crippen LogP contribution in [0.15, 0.2) is 48.5 Å². The number of sulfonamides is 1. The number of carbonyl (C=O) groups is 2. The molecule has 2 aromatic carbocycles. The Labute approximate surface area is 217 Å². The standard InChI is InChI=1S/C25H31Cl2N3O4S/c1-3-23(25(32)28-21-8-4-5-9-21)29(16-18-11-13-19(26)14-12-18)24(31)17-30(35(2,33)34)22-10-6-7-20(27)15-22/h6-7,10-15,21,23H,3-5,8-9,16-17H2,1-2H3,(H,28,32)/t23-/m1/s1. The number of anilines is 1. The summed E-state index contributed by atoms with van der Waals surface area (Å²) in [6.45, 7) is 1.52. The first-order valence-electron chi connectivity index (χ1n) is 11.7. The molecule has 0 radical (unpaired) electrons. The second-order valence-electron chi connectivity index (χ2n) is 8.81. The van der Waals surface area contributed by atoms with Crippen LogP contribution >= 0.6 is 23.2 Å². The van der Waals surface area contributed by atoms with Crippen LogP contribution < -0.4 is 9.62 Å². The molecule has 1 saturated carbocycles. The SMILES string of the molecule is CC[C@H](C(=O)NC1CCCC1)N(Cc1ccc(Cl)cc1)C(=O)CN(c1cccc(Cl)c1)S(C)(=O)=O. The molecule has 7 nitrogen and oxygen atoms in total. The van der Waals surface area contributed by atoms with Gasteiger partial charge in [-0.3, -0.25) is 13.9 Å². The minimum atomic E-state index is -3.80. The molecule has 2 amide bonds. The summed E-state index contributed by atoms with van der Waals surface area (Å²) in [5.41, 5.74) is 1.06. The predicted octanol–water partition coefficient (Wildman–Crippen LogP) is 4.63. The highest BCUT2D eigenvalue weighted by Crippen LogP contribution is 2.24. The van der Waals surface area contributed by atoms with Crippen molar-refractivity contribution in [3.8, 4) is 0 Å². The van der Waals surface area contributed by atoms with Gasteiger partial charge in [0.15, 0.2) is 0 Å². The van der Waals surface area contributed by atoms with Crippen molar-refractivity contribution in [1.29, 1.82) is 0 Å². The molecule has 2 aromatic rings. The second-order valence-corrected chi connectivity index (χ2v) is 11.6. The molecule has 0 aliphatic heterocycles. The van der Waals surface area contributed by atoms with Gasteiger partial charge in [0.25, 0.3) is 0 Å². The molecular formula is C25H31Cl2N3O4S. The van der Waals surface area contributed by atoms with Crippen LogP contribution in [0.4, 0.5) is 5.69 Å². The van der Waals surface area contributed by atoms with Gasteiger partial charge >= 0.3 is 0 Å². The number of benzene rings is 2. The van der Waals surface area contributed by atoms with Crippen LogP contribution in [0, 0.1) is 0 Å². The van der Waals surface area contributed by atoms with Gasteiger partial charge in [0.2, 0.25) is 21.8 Å². The average molecular weight is 541 g/mol. The third-order valence-corrected chi connectivity index (χ3v) is 7.76. The third kappa shape index (κ3) is 7.59. The van der Waals surface area contributed by atoms with Gasteiger partial charge in [-0.15, -0.1) is 0 Å². The molecule has 1 fully saturated rings. The van der Waals surface area contributed by atoms with E-state index in [0.29, 0.717) is 16.5 Å². The minimum absolute atomic E-state index is 0.100. The van der Waals surface area contributed by atoms with Crippen molar-refractivity contribution in [3.63, 3.8) is 0 Å². The van der Waals surface area contributed by atoms with E-state index in [2.05, 4.69) is 5.32 Å². The van der Waals surface area contributed by atoms with Crippen LogP contribution in [0.3, 0.4) is 0 Å². The van der Waals surface area contributed by atoms with Crippen molar-refractivity contribution < 1.29 is 18.0 Å². The van der Waals surface area contributed by atoms with Crippen molar-refractivity contribution >= 4 is 50.7 Å². The monoisotopic (exact) mass is 539 g/mol. The van der Waals surface area contributed by atoms with E-state index in [9.17, 15) is 18.0 Å². The van der Waals surface area contributed by atoms with E-state index in [-0.39, 0.29) is 24.2 Å². The summed E-state index contributed by atoms with van der Waals surface area (Å²) in [5, 5.41) is 3.99. The van der Waals surface area contributed by atoms with Crippen LogP contribution in [0.25, 0.3) is 0 Å². The molecule has 3 rings (SSSR count). The summed E-state index contributed by atoms with van der Waals surface area (Å²) < 4.78 is 26.2. The first kappa shape index (κ1) is 27.3. The summed E-state index contributed by atoms with van der Waals surface area (Å²) in [7, 11) is -3.80. The molecule has 0 bridgehead atoms. The number of halogens is 2. The molecule has 0 spiro atoms. The van der Waals surface area contributed by atoms with Crippen LogP contribution in [-0.4, -0.2) is 50.0 Å². The number of rotatable bonds is 10. The lowest BCUT2D eigenvalue weighted by atomic mass is 10.1. The highest BCUT2D eigenvalue weighted by atomic mass is 35.5. The molecule has 0 saturated heterocycles. The molecular weight excluding hydrogens is 509 g/mol. The Bertz CT molecular complexity index is 1140. The van der Waals surface area contributed by atoms with Gasteiger partial charge in [-0.05, 0) is 55.2 Å². The van der Waals surface area contributed by atoms with Gasteiger partial charge in [0, 0.05) is 22.6 Å².